The summed E-state index contributed by atoms with van der Waals surface area (Å²) in [6.45, 7) is 6.32. The number of nitrogens with zero attached hydrogens (tertiary/aromatic N) is 1. The highest BCUT2D eigenvalue weighted by atomic mass is 28.3. The Kier molecular flexibility index (Phi) is 3.96. The van der Waals surface area contributed by atoms with E-state index < -0.39 is 14.4 Å². The molecular weight excluding hydrogens is 295 g/mol. The number of benzene rings is 1. The number of hydrogen-bond donors (Lipinski definition) is 0. The van der Waals surface area contributed by atoms with Gasteiger partial charge in [0.15, 0.2) is 0 Å². The van der Waals surface area contributed by atoms with Crippen molar-refractivity contribution in [2.24, 2.45) is 0 Å². The molecule has 0 spiro atoms. The molecule has 1 heterocycles. The second-order valence-electron chi connectivity index (χ2n) is 5.63. The molecule has 0 aliphatic heterocycles. The quantitative estimate of drug-likeness (QED) is 0.577. The number of alkyl halides is 3. The van der Waals surface area contributed by atoms with Gasteiger partial charge in [-0.3, -0.25) is 0 Å². The third-order valence-electron chi connectivity index (χ3n) is 2.49. The first-order valence-electron chi connectivity index (χ1n) is 6.31. The summed E-state index contributed by atoms with van der Waals surface area (Å²) in [6.07, 6.45) is -3.10. The first kappa shape index (κ1) is 15.4. The fourth-order valence-corrected chi connectivity index (χ4v) is 2.14. The molecule has 0 atom stereocenters. The zero-order valence-electron chi connectivity index (χ0n) is 11.9. The van der Waals surface area contributed by atoms with E-state index in [4.69, 9.17) is 0 Å². The Morgan fingerprint density at radius 2 is 1.81 bits per heavy atom. The van der Waals surface area contributed by atoms with Crippen molar-refractivity contribution in [2.45, 2.75) is 26.0 Å². The largest absolute Gasteiger partial charge is 0.573 e. The predicted octanol–water partition coefficient (Wildman–Crippen LogP) is 4.36. The van der Waals surface area contributed by atoms with E-state index in [1.165, 1.54) is 12.1 Å². The molecule has 0 saturated carbocycles. The third kappa shape index (κ3) is 4.79. The number of fused-ring (bicyclic) bond motifs is 1. The first-order valence-corrected chi connectivity index (χ1v) is 9.81. The van der Waals surface area contributed by atoms with Crippen LogP contribution >= 0.6 is 0 Å². The van der Waals surface area contributed by atoms with Crippen LogP contribution in [0.15, 0.2) is 30.5 Å². The van der Waals surface area contributed by atoms with E-state index in [1.807, 2.05) is 0 Å². The Morgan fingerprint density at radius 3 is 2.43 bits per heavy atom. The Hall–Kier alpha value is -2.00. The van der Waals surface area contributed by atoms with E-state index in [-0.39, 0.29) is 5.75 Å². The molecule has 2 nitrogen and oxygen atoms in total. The molecule has 1 aromatic heterocycles. The highest BCUT2D eigenvalue weighted by molar-refractivity contribution is 6.83. The van der Waals surface area contributed by atoms with Gasteiger partial charge in [0, 0.05) is 11.6 Å². The minimum Gasteiger partial charge on any atom is -0.406 e. The summed E-state index contributed by atoms with van der Waals surface area (Å²) < 4.78 is 40.6. The van der Waals surface area contributed by atoms with Gasteiger partial charge < -0.3 is 4.74 Å². The Bertz CT molecular complexity index is 723. The minimum absolute atomic E-state index is 0.245. The van der Waals surface area contributed by atoms with E-state index >= 15 is 0 Å². The molecule has 2 aromatic rings. The standard InChI is InChI=1S/C15H14F3NOSi/c1-21(2,3)7-6-13-8-12-9-14(20-15(16,17)18)5-4-11(12)10-19-13/h4-5,8-10H,1-3H3. The van der Waals surface area contributed by atoms with Gasteiger partial charge in [-0.25, -0.2) is 4.98 Å². The second-order valence-corrected chi connectivity index (χ2v) is 10.4. The number of halogens is 3. The molecule has 0 bridgehead atoms. The monoisotopic (exact) mass is 309 g/mol. The lowest BCUT2D eigenvalue weighted by Crippen LogP contribution is -2.17. The van der Waals surface area contributed by atoms with Crippen LogP contribution < -0.4 is 4.74 Å². The van der Waals surface area contributed by atoms with Crippen molar-refractivity contribution < 1.29 is 17.9 Å². The van der Waals surface area contributed by atoms with Crippen LogP contribution in [0.2, 0.25) is 19.6 Å². The number of aromatic nitrogens is 1. The normalized spacial score (nSPS) is 11.9. The van der Waals surface area contributed by atoms with Crippen molar-refractivity contribution in [3.05, 3.63) is 36.2 Å². The first-order chi connectivity index (χ1) is 9.62. The van der Waals surface area contributed by atoms with Crippen molar-refractivity contribution in [3.63, 3.8) is 0 Å². The van der Waals surface area contributed by atoms with E-state index in [0.717, 1.165) is 5.39 Å². The lowest BCUT2D eigenvalue weighted by molar-refractivity contribution is -0.274. The minimum atomic E-state index is -4.69. The zero-order valence-corrected chi connectivity index (χ0v) is 12.9. The van der Waals surface area contributed by atoms with E-state index in [0.29, 0.717) is 11.1 Å². The summed E-state index contributed by atoms with van der Waals surface area (Å²) in [5.74, 6) is 2.74. The van der Waals surface area contributed by atoms with Crippen molar-refractivity contribution in [1.82, 2.24) is 4.98 Å². The van der Waals surface area contributed by atoms with Crippen LogP contribution in [0.5, 0.6) is 5.75 Å². The van der Waals surface area contributed by atoms with Crippen molar-refractivity contribution in [1.29, 1.82) is 0 Å². The van der Waals surface area contributed by atoms with Gasteiger partial charge in [-0.1, -0.05) is 25.6 Å². The van der Waals surface area contributed by atoms with Gasteiger partial charge in [0.2, 0.25) is 0 Å². The van der Waals surface area contributed by atoms with Crippen molar-refractivity contribution in [2.75, 3.05) is 0 Å². The Morgan fingerprint density at radius 1 is 1.10 bits per heavy atom. The lowest BCUT2D eigenvalue weighted by atomic mass is 10.1. The SMILES string of the molecule is C[Si](C)(C)C#Cc1cc2cc(OC(F)(F)F)ccc2cn1. The van der Waals surface area contributed by atoms with Crippen LogP contribution in [0.3, 0.4) is 0 Å². The molecule has 0 radical (unpaired) electrons. The third-order valence-corrected chi connectivity index (χ3v) is 3.37. The molecule has 0 saturated heterocycles. The van der Waals surface area contributed by atoms with Gasteiger partial charge in [-0.2, -0.15) is 0 Å². The molecule has 110 valence electrons. The molecule has 21 heavy (non-hydrogen) atoms. The number of rotatable bonds is 1. The van der Waals surface area contributed by atoms with Gasteiger partial charge in [0.1, 0.15) is 19.5 Å². The number of hydrogen-bond acceptors (Lipinski definition) is 2. The molecule has 1 aromatic carbocycles. The van der Waals surface area contributed by atoms with Crippen molar-refractivity contribution in [3.8, 4) is 17.2 Å². The molecule has 0 unspecified atom stereocenters. The van der Waals surface area contributed by atoms with Crippen LogP contribution in [0.1, 0.15) is 5.69 Å². The molecule has 0 N–H and O–H groups in total. The van der Waals surface area contributed by atoms with Gasteiger partial charge in [0.05, 0.1) is 0 Å². The van der Waals surface area contributed by atoms with Crippen LogP contribution in [0.25, 0.3) is 10.8 Å². The summed E-state index contributed by atoms with van der Waals surface area (Å²) in [5.41, 5.74) is 3.72. The summed E-state index contributed by atoms with van der Waals surface area (Å²) in [6, 6.07) is 5.82. The Balaban J connectivity index is 2.38. The summed E-state index contributed by atoms with van der Waals surface area (Å²) in [7, 11) is -1.52. The molecule has 0 aliphatic carbocycles. The van der Waals surface area contributed by atoms with Gasteiger partial charge in [0.25, 0.3) is 0 Å². The van der Waals surface area contributed by atoms with Crippen LogP contribution in [-0.4, -0.2) is 19.4 Å². The second kappa shape index (κ2) is 5.41. The van der Waals surface area contributed by atoms with E-state index in [1.54, 1.807) is 18.3 Å². The van der Waals surface area contributed by atoms with Crippen molar-refractivity contribution >= 4 is 18.8 Å². The van der Waals surface area contributed by atoms with E-state index in [2.05, 4.69) is 40.8 Å². The topological polar surface area (TPSA) is 22.1 Å². The maximum atomic E-state index is 12.2. The van der Waals surface area contributed by atoms with Crippen LogP contribution in [0.4, 0.5) is 13.2 Å². The lowest BCUT2D eigenvalue weighted by Gasteiger charge is -2.09. The predicted molar refractivity (Wildman–Crippen MR) is 78.7 cm³/mol. The smallest absolute Gasteiger partial charge is 0.406 e. The number of pyridine rings is 1. The zero-order chi connectivity index (χ0) is 15.7. The molecule has 0 amide bonds. The van der Waals surface area contributed by atoms with Gasteiger partial charge >= 0.3 is 6.36 Å². The molecule has 0 aliphatic rings. The van der Waals surface area contributed by atoms with Gasteiger partial charge in [-0.15, -0.1) is 18.7 Å². The van der Waals surface area contributed by atoms with Crippen LogP contribution in [-0.2, 0) is 0 Å². The van der Waals surface area contributed by atoms with Gasteiger partial charge in [-0.05, 0) is 29.7 Å². The van der Waals surface area contributed by atoms with E-state index in [9.17, 15) is 13.2 Å². The molecule has 0 fully saturated rings. The maximum absolute atomic E-state index is 12.2. The molecule has 2 rings (SSSR count). The highest BCUT2D eigenvalue weighted by Crippen LogP contribution is 2.26. The maximum Gasteiger partial charge on any atom is 0.573 e. The molecule has 6 heteroatoms. The summed E-state index contributed by atoms with van der Waals surface area (Å²) >= 11 is 0. The fraction of sp³-hybridized carbons (Fsp3) is 0.267. The van der Waals surface area contributed by atoms with Crippen LogP contribution in [0, 0.1) is 11.5 Å². The molecular formula is C15H14F3NOSi. The highest BCUT2D eigenvalue weighted by Gasteiger charge is 2.31. The fourth-order valence-electron chi connectivity index (χ4n) is 1.64. The summed E-state index contributed by atoms with van der Waals surface area (Å²) in [4.78, 5) is 4.20. The average Bonchev–Trinajstić information content (AvgIpc) is 2.33. The average molecular weight is 309 g/mol. The number of ether oxygens (including phenoxy) is 1. The Labute approximate surface area is 122 Å². The summed E-state index contributed by atoms with van der Waals surface area (Å²) in [5, 5.41) is 1.36.